The van der Waals surface area contributed by atoms with Gasteiger partial charge in [0.05, 0.1) is 5.92 Å². The Kier molecular flexibility index (Phi) is 7.29. The highest BCUT2D eigenvalue weighted by Gasteiger charge is 2.28. The summed E-state index contributed by atoms with van der Waals surface area (Å²) in [5.41, 5.74) is 1.32. The van der Waals surface area contributed by atoms with Crippen molar-refractivity contribution in [2.75, 3.05) is 6.61 Å². The van der Waals surface area contributed by atoms with E-state index in [-0.39, 0.29) is 12.5 Å². The molecule has 0 N–H and O–H groups in total. The summed E-state index contributed by atoms with van der Waals surface area (Å²) in [5, 5.41) is 10.1. The normalized spacial score (nSPS) is 12.5. The van der Waals surface area contributed by atoms with Gasteiger partial charge in [-0.1, -0.05) is 55.6 Å². The smallest absolute Gasteiger partial charge is 0.315 e. The molecule has 0 amide bonds. The van der Waals surface area contributed by atoms with Crippen molar-refractivity contribution < 1.29 is 14.3 Å². The highest BCUT2D eigenvalue weighted by molar-refractivity contribution is 6.30. The molecule has 2 aromatic rings. The van der Waals surface area contributed by atoms with Crippen molar-refractivity contribution >= 4 is 17.6 Å². The lowest BCUT2D eigenvalue weighted by Gasteiger charge is -2.22. The molecular weight excluding hydrogens is 362 g/mol. The van der Waals surface area contributed by atoms with E-state index < -0.39 is 18.0 Å². The van der Waals surface area contributed by atoms with Crippen LogP contribution in [0.4, 0.5) is 0 Å². The van der Waals surface area contributed by atoms with Gasteiger partial charge in [-0.05, 0) is 35.7 Å². The number of nitrogens with zero attached hydrogens (tertiary/aromatic N) is 1. The number of carbonyl (C=O) groups is 1. The number of terminal acetylenes is 1. The van der Waals surface area contributed by atoms with Gasteiger partial charge in [0.1, 0.15) is 18.4 Å². The summed E-state index contributed by atoms with van der Waals surface area (Å²) in [7, 11) is 0. The Morgan fingerprint density at radius 2 is 1.89 bits per heavy atom. The van der Waals surface area contributed by atoms with Gasteiger partial charge in [-0.25, -0.2) is 0 Å². The molecule has 0 aliphatic carbocycles. The monoisotopic (exact) mass is 381 g/mol. The first-order valence-corrected chi connectivity index (χ1v) is 8.86. The average molecular weight is 382 g/mol. The summed E-state index contributed by atoms with van der Waals surface area (Å²) >= 11 is 5.93. The molecular formula is C22H20ClNO3. The number of halogens is 1. The van der Waals surface area contributed by atoms with Crippen molar-refractivity contribution in [1.29, 1.82) is 5.26 Å². The first-order chi connectivity index (χ1) is 13.0. The number of rotatable bonds is 7. The van der Waals surface area contributed by atoms with E-state index in [9.17, 15) is 10.1 Å². The second-order valence-corrected chi connectivity index (χ2v) is 6.72. The summed E-state index contributed by atoms with van der Waals surface area (Å²) in [6, 6.07) is 15.9. The molecule has 4 nitrogen and oxygen atoms in total. The molecule has 0 radical (unpaired) electrons. The number of carbonyl (C=O) groups excluding carboxylic acids is 1. The summed E-state index contributed by atoms with van der Waals surface area (Å²) in [6.07, 6.45) is 4.15. The fourth-order valence-electron chi connectivity index (χ4n) is 2.71. The molecule has 0 aliphatic heterocycles. The topological polar surface area (TPSA) is 59.3 Å². The Hall–Kier alpha value is -2.95. The van der Waals surface area contributed by atoms with Crippen LogP contribution in [0.2, 0.25) is 5.02 Å². The zero-order valence-corrected chi connectivity index (χ0v) is 15.9. The third kappa shape index (κ3) is 5.51. The van der Waals surface area contributed by atoms with Gasteiger partial charge in [0.2, 0.25) is 6.10 Å². The van der Waals surface area contributed by atoms with E-state index in [4.69, 9.17) is 27.5 Å². The van der Waals surface area contributed by atoms with Gasteiger partial charge in [0.15, 0.2) is 0 Å². The second-order valence-electron chi connectivity index (χ2n) is 6.28. The van der Waals surface area contributed by atoms with Crippen LogP contribution in [0.15, 0.2) is 48.5 Å². The minimum absolute atomic E-state index is 0.0108. The van der Waals surface area contributed by atoms with Crippen LogP contribution < -0.4 is 4.74 Å². The van der Waals surface area contributed by atoms with Gasteiger partial charge >= 0.3 is 5.97 Å². The fourth-order valence-corrected chi connectivity index (χ4v) is 2.84. The first-order valence-electron chi connectivity index (χ1n) is 8.48. The summed E-state index contributed by atoms with van der Waals surface area (Å²) in [6.45, 7) is 3.97. The molecule has 27 heavy (non-hydrogen) atoms. The maximum absolute atomic E-state index is 12.8. The Balaban J connectivity index is 2.21. The minimum atomic E-state index is -1.04. The minimum Gasteiger partial charge on any atom is -0.481 e. The van der Waals surface area contributed by atoms with Crippen LogP contribution in [0.3, 0.4) is 0 Å². The number of ether oxygens (including phenoxy) is 2. The molecule has 138 valence electrons. The highest BCUT2D eigenvalue weighted by atomic mass is 35.5. The molecule has 0 fully saturated rings. The number of nitriles is 1. The van der Waals surface area contributed by atoms with Crippen LogP contribution in [-0.4, -0.2) is 12.6 Å². The van der Waals surface area contributed by atoms with Gasteiger partial charge in [-0.2, -0.15) is 5.26 Å². The maximum atomic E-state index is 12.8. The molecule has 0 bridgehead atoms. The zero-order chi connectivity index (χ0) is 19.8. The fraction of sp³-hybridized carbons (Fsp3) is 0.273. The molecule has 0 heterocycles. The van der Waals surface area contributed by atoms with Gasteiger partial charge < -0.3 is 9.47 Å². The van der Waals surface area contributed by atoms with Crippen molar-refractivity contribution in [1.82, 2.24) is 0 Å². The van der Waals surface area contributed by atoms with Crippen molar-refractivity contribution in [3.63, 3.8) is 0 Å². The lowest BCUT2D eigenvalue weighted by atomic mass is 9.88. The quantitative estimate of drug-likeness (QED) is 0.505. The van der Waals surface area contributed by atoms with E-state index in [0.29, 0.717) is 16.3 Å². The molecule has 2 aromatic carbocycles. The standard InChI is InChI=1S/C22H20ClNO3/c1-4-12-26-19-7-5-6-17(13-19)20(14-24)27-22(25)21(15(2)3)16-8-10-18(23)11-9-16/h1,5-11,13,15,20-21H,12H2,2-3H3. The number of hydrogen-bond donors (Lipinski definition) is 0. The first kappa shape index (κ1) is 20.4. The lowest BCUT2D eigenvalue weighted by molar-refractivity contribution is -0.150. The third-order valence-corrected chi connectivity index (χ3v) is 4.24. The predicted molar refractivity (Wildman–Crippen MR) is 104 cm³/mol. The third-order valence-electron chi connectivity index (χ3n) is 3.98. The van der Waals surface area contributed by atoms with Gasteiger partial charge in [0.25, 0.3) is 0 Å². The largest absolute Gasteiger partial charge is 0.481 e. The van der Waals surface area contributed by atoms with Crippen LogP contribution >= 0.6 is 11.6 Å². The molecule has 2 atom stereocenters. The van der Waals surface area contributed by atoms with E-state index in [1.807, 2.05) is 19.9 Å². The average Bonchev–Trinajstić information content (AvgIpc) is 2.66. The Morgan fingerprint density at radius 1 is 1.19 bits per heavy atom. The van der Waals surface area contributed by atoms with Crippen molar-refractivity contribution in [3.05, 3.63) is 64.7 Å². The molecule has 0 saturated heterocycles. The summed E-state index contributed by atoms with van der Waals surface area (Å²) < 4.78 is 10.9. The maximum Gasteiger partial charge on any atom is 0.315 e. The van der Waals surface area contributed by atoms with Crippen LogP contribution in [0.5, 0.6) is 5.75 Å². The zero-order valence-electron chi connectivity index (χ0n) is 15.2. The van der Waals surface area contributed by atoms with E-state index in [1.54, 1.807) is 48.5 Å². The van der Waals surface area contributed by atoms with Crippen molar-refractivity contribution in [2.45, 2.75) is 25.9 Å². The van der Waals surface area contributed by atoms with E-state index >= 15 is 0 Å². The van der Waals surface area contributed by atoms with E-state index in [0.717, 1.165) is 5.56 Å². The van der Waals surface area contributed by atoms with Crippen molar-refractivity contribution in [2.24, 2.45) is 5.92 Å². The van der Waals surface area contributed by atoms with Crippen LogP contribution in [0.1, 0.15) is 37.0 Å². The van der Waals surface area contributed by atoms with Gasteiger partial charge in [0, 0.05) is 10.6 Å². The number of hydrogen-bond acceptors (Lipinski definition) is 4. The molecule has 0 aliphatic rings. The number of esters is 1. The van der Waals surface area contributed by atoms with Crippen molar-refractivity contribution in [3.8, 4) is 24.2 Å². The molecule has 0 saturated carbocycles. The number of benzene rings is 2. The molecule has 2 rings (SSSR count). The second kappa shape index (κ2) is 9.67. The van der Waals surface area contributed by atoms with E-state index in [1.165, 1.54) is 0 Å². The molecule has 2 unspecified atom stereocenters. The lowest BCUT2D eigenvalue weighted by Crippen LogP contribution is -2.22. The predicted octanol–water partition coefficient (Wildman–Crippen LogP) is 4.90. The van der Waals surface area contributed by atoms with Crippen LogP contribution in [-0.2, 0) is 9.53 Å². The summed E-state index contributed by atoms with van der Waals surface area (Å²) in [4.78, 5) is 12.8. The summed E-state index contributed by atoms with van der Waals surface area (Å²) in [5.74, 6) is 1.92. The van der Waals surface area contributed by atoms with Gasteiger partial charge in [-0.15, -0.1) is 6.42 Å². The highest BCUT2D eigenvalue weighted by Crippen LogP contribution is 2.30. The SMILES string of the molecule is C#CCOc1cccc(C(C#N)OC(=O)C(c2ccc(Cl)cc2)C(C)C)c1. The molecule has 0 spiro atoms. The molecule has 0 aromatic heterocycles. The van der Waals surface area contributed by atoms with E-state index in [2.05, 4.69) is 5.92 Å². The van der Waals surface area contributed by atoms with Gasteiger partial charge in [-0.3, -0.25) is 4.79 Å². The molecule has 5 heteroatoms. The Labute approximate surface area is 164 Å². The Bertz CT molecular complexity index is 862. The van der Waals surface area contributed by atoms with Crippen LogP contribution in [0.25, 0.3) is 0 Å². The van der Waals surface area contributed by atoms with Crippen LogP contribution in [0, 0.1) is 29.6 Å². The Morgan fingerprint density at radius 3 is 2.48 bits per heavy atom.